The molecule has 2 heterocycles. The Kier molecular flexibility index (Phi) is 4.96. The lowest BCUT2D eigenvalue weighted by Gasteiger charge is -2.21. The highest BCUT2D eigenvalue weighted by atomic mass is 16.5. The van der Waals surface area contributed by atoms with Crippen molar-refractivity contribution in [3.05, 3.63) is 69.3 Å². The van der Waals surface area contributed by atoms with Crippen molar-refractivity contribution in [2.24, 2.45) is 4.99 Å². The van der Waals surface area contributed by atoms with Gasteiger partial charge in [0.1, 0.15) is 5.76 Å². The van der Waals surface area contributed by atoms with E-state index < -0.39 is 0 Å². The average molecular weight is 432 g/mol. The minimum Gasteiger partial charge on any atom is -0.500 e. The number of carbonyl (C=O) groups is 2. The molecule has 164 valence electrons. The van der Waals surface area contributed by atoms with Crippen molar-refractivity contribution in [1.29, 1.82) is 0 Å². The maximum Gasteiger partial charge on any atom is 0.340 e. The van der Waals surface area contributed by atoms with Gasteiger partial charge in [-0.3, -0.25) is 0 Å². The van der Waals surface area contributed by atoms with Crippen LogP contribution in [0.1, 0.15) is 48.3 Å². The quantitative estimate of drug-likeness (QED) is 0.717. The van der Waals surface area contributed by atoms with Crippen molar-refractivity contribution >= 4 is 28.6 Å². The molecule has 0 radical (unpaired) electrons. The van der Waals surface area contributed by atoms with Crippen LogP contribution in [0.15, 0.2) is 57.4 Å². The van der Waals surface area contributed by atoms with Crippen LogP contribution in [0.2, 0.25) is 0 Å². The lowest BCUT2D eigenvalue weighted by Crippen LogP contribution is -2.17. The molecule has 2 aromatic rings. The molecule has 0 amide bonds. The van der Waals surface area contributed by atoms with Crippen molar-refractivity contribution < 1.29 is 23.8 Å². The number of nitrogens with one attached hydrogen (secondary N) is 1. The highest BCUT2D eigenvalue weighted by Crippen LogP contribution is 2.44. The van der Waals surface area contributed by atoms with E-state index in [0.717, 1.165) is 57.6 Å². The van der Waals surface area contributed by atoms with Crippen LogP contribution in [0.25, 0.3) is 10.9 Å². The average Bonchev–Trinajstić information content (AvgIpc) is 3.36. The van der Waals surface area contributed by atoms with E-state index in [1.54, 1.807) is 27.0 Å². The number of aromatic amines is 1. The summed E-state index contributed by atoms with van der Waals surface area (Å²) in [6, 6.07) is 5.52. The van der Waals surface area contributed by atoms with Crippen molar-refractivity contribution in [2.45, 2.75) is 33.1 Å². The van der Waals surface area contributed by atoms with Crippen LogP contribution in [0.4, 0.5) is 0 Å². The van der Waals surface area contributed by atoms with Crippen LogP contribution in [0, 0.1) is 0 Å². The van der Waals surface area contributed by atoms with Crippen molar-refractivity contribution in [2.75, 3.05) is 20.3 Å². The van der Waals surface area contributed by atoms with E-state index in [-0.39, 0.29) is 11.9 Å². The summed E-state index contributed by atoms with van der Waals surface area (Å²) >= 11 is 0. The molecule has 32 heavy (non-hydrogen) atoms. The van der Waals surface area contributed by atoms with E-state index in [4.69, 9.17) is 19.2 Å². The molecule has 1 aromatic carbocycles. The SMILES string of the molecule is CCOC(=O)C1=CCCC2=C1N=C1C2=C(OC)Cc2c1[nH]c1cc(C(=O)OCC)ccc21. The lowest BCUT2D eigenvalue weighted by molar-refractivity contribution is -0.138. The number of allylic oxidation sites excluding steroid dienone is 4. The molecule has 7 nitrogen and oxygen atoms in total. The highest BCUT2D eigenvalue weighted by molar-refractivity contribution is 6.22. The fourth-order valence-electron chi connectivity index (χ4n) is 4.70. The maximum absolute atomic E-state index is 12.5. The van der Waals surface area contributed by atoms with E-state index in [9.17, 15) is 9.59 Å². The molecule has 2 aliphatic carbocycles. The first-order valence-electron chi connectivity index (χ1n) is 10.9. The van der Waals surface area contributed by atoms with Gasteiger partial charge in [0.05, 0.1) is 48.6 Å². The van der Waals surface area contributed by atoms with Crippen molar-refractivity contribution in [1.82, 2.24) is 4.98 Å². The Bertz CT molecular complexity index is 1290. The van der Waals surface area contributed by atoms with E-state index in [2.05, 4.69) is 4.98 Å². The number of esters is 2. The Morgan fingerprint density at radius 3 is 2.66 bits per heavy atom. The van der Waals surface area contributed by atoms with Gasteiger partial charge in [-0.15, -0.1) is 0 Å². The van der Waals surface area contributed by atoms with Crippen molar-refractivity contribution in [3.8, 4) is 0 Å². The van der Waals surface area contributed by atoms with Crippen LogP contribution in [0.5, 0.6) is 0 Å². The number of hydrogen-bond acceptors (Lipinski definition) is 6. The molecule has 0 atom stereocenters. The molecular formula is C25H24N2O5. The standard InChI is InChI=1S/C25H24N2O5/c1-4-31-24(28)13-9-10-14-17-12-19(30-3)20-15-7-6-8-16(25(29)32-5-2)21(15)27-23(20)22(17)26-18(14)11-13/h8-11,26H,4-7,12H2,1-3H3. The number of methoxy groups -OCH3 is 1. The van der Waals surface area contributed by atoms with Crippen LogP contribution in [-0.4, -0.2) is 43.0 Å². The zero-order chi connectivity index (χ0) is 22.4. The number of rotatable bonds is 5. The Hall–Kier alpha value is -3.61. The molecule has 0 fully saturated rings. The normalized spacial score (nSPS) is 16.8. The number of aromatic nitrogens is 1. The molecule has 0 saturated carbocycles. The van der Waals surface area contributed by atoms with E-state index in [1.165, 1.54) is 0 Å². The summed E-state index contributed by atoms with van der Waals surface area (Å²) < 4.78 is 16.2. The number of fused-ring (bicyclic) bond motifs is 6. The summed E-state index contributed by atoms with van der Waals surface area (Å²) in [5.41, 5.74) is 7.25. The minimum atomic E-state index is -0.349. The second-order valence-electron chi connectivity index (χ2n) is 7.80. The van der Waals surface area contributed by atoms with Gasteiger partial charge in [0.2, 0.25) is 0 Å². The molecule has 0 saturated heterocycles. The topological polar surface area (TPSA) is 90.0 Å². The maximum atomic E-state index is 12.5. The van der Waals surface area contributed by atoms with Crippen molar-refractivity contribution in [3.63, 3.8) is 0 Å². The zero-order valence-corrected chi connectivity index (χ0v) is 18.3. The van der Waals surface area contributed by atoms with Crippen LogP contribution >= 0.6 is 0 Å². The van der Waals surface area contributed by atoms with Crippen LogP contribution < -0.4 is 0 Å². The number of nitrogens with zero attached hydrogens (tertiary/aromatic N) is 1. The molecule has 0 spiro atoms. The van der Waals surface area contributed by atoms with Gasteiger partial charge in [0.15, 0.2) is 0 Å². The smallest absolute Gasteiger partial charge is 0.340 e. The number of H-pyrrole nitrogens is 1. The summed E-state index contributed by atoms with van der Waals surface area (Å²) in [6.45, 7) is 4.22. The van der Waals surface area contributed by atoms with E-state index in [1.807, 2.05) is 18.2 Å². The Balaban J connectivity index is 1.63. The predicted octanol–water partition coefficient (Wildman–Crippen LogP) is 4.14. The highest BCUT2D eigenvalue weighted by Gasteiger charge is 2.38. The molecule has 3 aliphatic rings. The summed E-state index contributed by atoms with van der Waals surface area (Å²) in [4.78, 5) is 33.1. The number of carbonyl (C=O) groups excluding carboxylic acids is 2. The fourth-order valence-corrected chi connectivity index (χ4v) is 4.70. The zero-order valence-electron chi connectivity index (χ0n) is 18.3. The third-order valence-electron chi connectivity index (χ3n) is 6.06. The number of ether oxygens (including phenoxy) is 3. The minimum absolute atomic E-state index is 0.316. The Morgan fingerprint density at radius 1 is 1.12 bits per heavy atom. The van der Waals surface area contributed by atoms with Crippen LogP contribution in [-0.2, 0) is 25.4 Å². The monoisotopic (exact) mass is 432 g/mol. The molecule has 1 aromatic heterocycles. The lowest BCUT2D eigenvalue weighted by atomic mass is 9.85. The Labute approximate surface area is 185 Å². The number of benzene rings is 1. The van der Waals surface area contributed by atoms with E-state index in [0.29, 0.717) is 36.5 Å². The molecule has 5 rings (SSSR count). The number of aliphatic imine (C=N–C) groups is 1. The molecular weight excluding hydrogens is 408 g/mol. The summed E-state index contributed by atoms with van der Waals surface area (Å²) in [6.07, 6.45) is 4.05. The Morgan fingerprint density at radius 2 is 1.91 bits per heavy atom. The molecule has 1 N–H and O–H groups in total. The third kappa shape index (κ3) is 2.99. The fraction of sp³-hybridized carbons (Fsp3) is 0.320. The molecule has 0 unspecified atom stereocenters. The number of hydrogen-bond donors (Lipinski definition) is 1. The first-order valence-corrected chi connectivity index (χ1v) is 10.9. The second-order valence-corrected chi connectivity index (χ2v) is 7.80. The van der Waals surface area contributed by atoms with Gasteiger partial charge in [-0.25, -0.2) is 14.6 Å². The predicted molar refractivity (Wildman–Crippen MR) is 120 cm³/mol. The van der Waals surface area contributed by atoms with Gasteiger partial charge in [0, 0.05) is 22.9 Å². The molecule has 1 aliphatic heterocycles. The van der Waals surface area contributed by atoms with Gasteiger partial charge in [0.25, 0.3) is 0 Å². The first-order chi connectivity index (χ1) is 15.6. The second kappa shape index (κ2) is 7.82. The van der Waals surface area contributed by atoms with Gasteiger partial charge in [-0.05, 0) is 50.0 Å². The van der Waals surface area contributed by atoms with E-state index >= 15 is 0 Å². The van der Waals surface area contributed by atoms with Gasteiger partial charge in [-0.2, -0.15) is 0 Å². The molecule has 7 heteroatoms. The van der Waals surface area contributed by atoms with Crippen LogP contribution in [0.3, 0.4) is 0 Å². The summed E-state index contributed by atoms with van der Waals surface area (Å²) in [5, 5.41) is 1.01. The van der Waals surface area contributed by atoms with Gasteiger partial charge < -0.3 is 19.2 Å². The molecule has 0 bridgehead atoms. The van der Waals surface area contributed by atoms with Gasteiger partial charge in [-0.1, -0.05) is 12.1 Å². The third-order valence-corrected chi connectivity index (χ3v) is 6.06. The summed E-state index contributed by atoms with van der Waals surface area (Å²) in [7, 11) is 1.67. The summed E-state index contributed by atoms with van der Waals surface area (Å²) in [5.74, 6) is 0.137. The first kappa shape index (κ1) is 20.3. The van der Waals surface area contributed by atoms with Gasteiger partial charge >= 0.3 is 11.9 Å². The largest absolute Gasteiger partial charge is 0.500 e.